The van der Waals surface area contributed by atoms with Crippen LogP contribution in [0.5, 0.6) is 0 Å². The number of carbonyl (C=O) groups excluding carboxylic acids is 1. The van der Waals surface area contributed by atoms with Gasteiger partial charge in [0, 0.05) is 13.1 Å². The monoisotopic (exact) mass is 206 g/mol. The summed E-state index contributed by atoms with van der Waals surface area (Å²) < 4.78 is 4.99. The van der Waals surface area contributed by atoms with Gasteiger partial charge in [-0.2, -0.15) is 0 Å². The molecule has 0 aromatic heterocycles. The fraction of sp³-hybridized carbons (Fsp3) is 0.364. The molecule has 0 spiro atoms. The molecule has 4 nitrogen and oxygen atoms in total. The van der Waals surface area contributed by atoms with E-state index in [0.29, 0.717) is 13.1 Å². The summed E-state index contributed by atoms with van der Waals surface area (Å²) >= 11 is 0. The van der Waals surface area contributed by atoms with Gasteiger partial charge in [-0.3, -0.25) is 0 Å². The summed E-state index contributed by atoms with van der Waals surface area (Å²) in [5.41, 5.74) is 1.23. The standard InChI is InChI=1S/C11H14N2O2/c14-11-13-8-10(15-11)7-12-6-9-4-2-1-3-5-9/h1-5,10,12H,6-8H2,(H,13,14)/t10-/m1/s1. The van der Waals surface area contributed by atoms with Gasteiger partial charge in [0.25, 0.3) is 0 Å². The minimum atomic E-state index is -0.318. The summed E-state index contributed by atoms with van der Waals surface area (Å²) in [5, 5.41) is 5.86. The average molecular weight is 206 g/mol. The van der Waals surface area contributed by atoms with Crippen molar-refractivity contribution >= 4 is 6.09 Å². The van der Waals surface area contributed by atoms with Crippen molar-refractivity contribution in [3.63, 3.8) is 0 Å². The molecular formula is C11H14N2O2. The molecule has 1 amide bonds. The third-order valence-electron chi connectivity index (χ3n) is 2.29. The van der Waals surface area contributed by atoms with Gasteiger partial charge >= 0.3 is 6.09 Å². The summed E-state index contributed by atoms with van der Waals surface area (Å²) in [6.07, 6.45) is -0.359. The smallest absolute Gasteiger partial charge is 0.407 e. The third-order valence-corrected chi connectivity index (χ3v) is 2.29. The zero-order valence-corrected chi connectivity index (χ0v) is 8.40. The van der Waals surface area contributed by atoms with E-state index in [-0.39, 0.29) is 12.2 Å². The molecule has 2 N–H and O–H groups in total. The Morgan fingerprint density at radius 3 is 2.87 bits per heavy atom. The second-order valence-electron chi connectivity index (χ2n) is 3.52. The molecule has 1 heterocycles. The predicted octanol–water partition coefficient (Wildman–Crippen LogP) is 0.885. The SMILES string of the molecule is O=C1NC[C@@H](CNCc2ccccc2)O1. The zero-order chi connectivity index (χ0) is 10.5. The van der Waals surface area contributed by atoms with E-state index in [4.69, 9.17) is 4.74 Å². The summed E-state index contributed by atoms with van der Waals surface area (Å²) in [5.74, 6) is 0. The van der Waals surface area contributed by atoms with Crippen molar-refractivity contribution in [1.29, 1.82) is 0 Å². The normalized spacial score (nSPS) is 19.7. The van der Waals surface area contributed by atoms with Crippen molar-refractivity contribution in [2.75, 3.05) is 13.1 Å². The molecule has 15 heavy (non-hydrogen) atoms. The molecule has 80 valence electrons. The van der Waals surface area contributed by atoms with Crippen molar-refractivity contribution in [3.8, 4) is 0 Å². The van der Waals surface area contributed by atoms with E-state index in [1.165, 1.54) is 5.56 Å². The number of hydrogen-bond donors (Lipinski definition) is 2. The first-order valence-electron chi connectivity index (χ1n) is 5.04. The number of alkyl carbamates (subject to hydrolysis) is 1. The Kier molecular flexibility index (Phi) is 3.19. The van der Waals surface area contributed by atoms with Crippen LogP contribution < -0.4 is 10.6 Å². The van der Waals surface area contributed by atoms with Crippen molar-refractivity contribution in [3.05, 3.63) is 35.9 Å². The van der Waals surface area contributed by atoms with Crippen LogP contribution in [0.3, 0.4) is 0 Å². The van der Waals surface area contributed by atoms with Gasteiger partial charge in [-0.1, -0.05) is 30.3 Å². The van der Waals surface area contributed by atoms with Crippen LogP contribution in [0.15, 0.2) is 30.3 Å². The highest BCUT2D eigenvalue weighted by Gasteiger charge is 2.21. The van der Waals surface area contributed by atoms with E-state index < -0.39 is 0 Å². The number of nitrogens with one attached hydrogen (secondary N) is 2. The second-order valence-corrected chi connectivity index (χ2v) is 3.52. The first kappa shape index (κ1) is 9.98. The molecule has 1 aliphatic rings. The van der Waals surface area contributed by atoms with Crippen molar-refractivity contribution in [2.45, 2.75) is 12.6 Å². The maximum atomic E-state index is 10.7. The number of ether oxygens (including phenoxy) is 1. The number of amides is 1. The Hall–Kier alpha value is -1.55. The molecule has 0 bridgehead atoms. The van der Waals surface area contributed by atoms with E-state index in [0.717, 1.165) is 6.54 Å². The Morgan fingerprint density at radius 1 is 1.40 bits per heavy atom. The molecule has 1 fully saturated rings. The van der Waals surface area contributed by atoms with Gasteiger partial charge in [0.2, 0.25) is 0 Å². The van der Waals surface area contributed by atoms with Gasteiger partial charge in [0.1, 0.15) is 6.10 Å². The fourth-order valence-electron chi connectivity index (χ4n) is 1.52. The number of cyclic esters (lactones) is 1. The van der Waals surface area contributed by atoms with Crippen LogP contribution in [-0.4, -0.2) is 25.3 Å². The first-order valence-corrected chi connectivity index (χ1v) is 5.04. The number of rotatable bonds is 4. The van der Waals surface area contributed by atoms with Crippen molar-refractivity contribution in [1.82, 2.24) is 10.6 Å². The Bertz CT molecular complexity index is 327. The number of hydrogen-bond acceptors (Lipinski definition) is 3. The van der Waals surface area contributed by atoms with Crippen LogP contribution in [0, 0.1) is 0 Å². The molecule has 0 aliphatic carbocycles. The highest BCUT2D eigenvalue weighted by atomic mass is 16.6. The topological polar surface area (TPSA) is 50.4 Å². The van der Waals surface area contributed by atoms with E-state index in [1.807, 2.05) is 18.2 Å². The van der Waals surface area contributed by atoms with Crippen LogP contribution >= 0.6 is 0 Å². The minimum Gasteiger partial charge on any atom is -0.443 e. The van der Waals surface area contributed by atoms with Gasteiger partial charge in [0.15, 0.2) is 0 Å². The molecule has 1 aromatic rings. The molecular weight excluding hydrogens is 192 g/mol. The lowest BCUT2D eigenvalue weighted by atomic mass is 10.2. The quantitative estimate of drug-likeness (QED) is 0.769. The molecule has 0 saturated carbocycles. The van der Waals surface area contributed by atoms with E-state index in [2.05, 4.69) is 22.8 Å². The Labute approximate surface area is 88.6 Å². The van der Waals surface area contributed by atoms with Crippen LogP contribution in [0.2, 0.25) is 0 Å². The van der Waals surface area contributed by atoms with Gasteiger partial charge in [-0.25, -0.2) is 4.79 Å². The summed E-state index contributed by atoms with van der Waals surface area (Å²) in [6, 6.07) is 10.1. The highest BCUT2D eigenvalue weighted by molar-refractivity contribution is 5.69. The molecule has 1 aromatic carbocycles. The highest BCUT2D eigenvalue weighted by Crippen LogP contribution is 2.00. The zero-order valence-electron chi connectivity index (χ0n) is 8.40. The molecule has 0 radical (unpaired) electrons. The number of carbonyl (C=O) groups is 1. The molecule has 2 rings (SSSR count). The lowest BCUT2D eigenvalue weighted by Crippen LogP contribution is -2.29. The van der Waals surface area contributed by atoms with Crippen molar-refractivity contribution in [2.24, 2.45) is 0 Å². The van der Waals surface area contributed by atoms with Gasteiger partial charge in [0.05, 0.1) is 6.54 Å². The lowest BCUT2D eigenvalue weighted by molar-refractivity contribution is 0.139. The van der Waals surface area contributed by atoms with Crippen molar-refractivity contribution < 1.29 is 9.53 Å². The summed E-state index contributed by atoms with van der Waals surface area (Å²) in [4.78, 5) is 10.7. The first-order chi connectivity index (χ1) is 7.34. The lowest BCUT2D eigenvalue weighted by Gasteiger charge is -2.08. The molecule has 1 aliphatic heterocycles. The molecule has 4 heteroatoms. The maximum Gasteiger partial charge on any atom is 0.407 e. The van der Waals surface area contributed by atoms with Crippen LogP contribution in [0.1, 0.15) is 5.56 Å². The summed E-state index contributed by atoms with van der Waals surface area (Å²) in [6.45, 7) is 2.09. The van der Waals surface area contributed by atoms with E-state index in [9.17, 15) is 4.79 Å². The maximum absolute atomic E-state index is 10.7. The Balaban J connectivity index is 1.69. The third kappa shape index (κ3) is 2.95. The second kappa shape index (κ2) is 4.79. The minimum absolute atomic E-state index is 0.0405. The van der Waals surface area contributed by atoms with Gasteiger partial charge < -0.3 is 15.4 Å². The Morgan fingerprint density at radius 2 is 2.20 bits per heavy atom. The van der Waals surface area contributed by atoms with Crippen LogP contribution in [0.4, 0.5) is 4.79 Å². The van der Waals surface area contributed by atoms with E-state index >= 15 is 0 Å². The van der Waals surface area contributed by atoms with Crippen LogP contribution in [-0.2, 0) is 11.3 Å². The average Bonchev–Trinajstić information content (AvgIpc) is 2.66. The molecule has 1 atom stereocenters. The number of benzene rings is 1. The van der Waals surface area contributed by atoms with Gasteiger partial charge in [-0.05, 0) is 5.56 Å². The largest absolute Gasteiger partial charge is 0.443 e. The summed E-state index contributed by atoms with van der Waals surface area (Å²) in [7, 11) is 0. The fourth-order valence-corrected chi connectivity index (χ4v) is 1.52. The molecule has 0 unspecified atom stereocenters. The van der Waals surface area contributed by atoms with Gasteiger partial charge in [-0.15, -0.1) is 0 Å². The molecule has 1 saturated heterocycles. The predicted molar refractivity (Wildman–Crippen MR) is 56.4 cm³/mol. The van der Waals surface area contributed by atoms with Crippen LogP contribution in [0.25, 0.3) is 0 Å². The van der Waals surface area contributed by atoms with E-state index in [1.54, 1.807) is 0 Å².